The highest BCUT2D eigenvalue weighted by Gasteiger charge is 2.37. The predicted octanol–water partition coefficient (Wildman–Crippen LogP) is 1.80. The second kappa shape index (κ2) is 9.14. The monoisotopic (exact) mass is 358 g/mol. The number of benzene rings is 1. The van der Waals surface area contributed by atoms with E-state index < -0.39 is 0 Å². The molecule has 6 nitrogen and oxygen atoms in total. The third kappa shape index (κ3) is 4.83. The van der Waals surface area contributed by atoms with Gasteiger partial charge >= 0.3 is 0 Å². The van der Waals surface area contributed by atoms with Crippen molar-refractivity contribution >= 4 is 11.8 Å². The van der Waals surface area contributed by atoms with Crippen LogP contribution in [-0.4, -0.2) is 30.4 Å². The van der Waals surface area contributed by atoms with Gasteiger partial charge in [-0.1, -0.05) is 56.5 Å². The number of carbonyl (C=O) groups excluding carboxylic acids is 2. The zero-order valence-electron chi connectivity index (χ0n) is 15.5. The lowest BCUT2D eigenvalue weighted by Crippen LogP contribution is -2.46. The molecule has 26 heavy (non-hydrogen) atoms. The van der Waals surface area contributed by atoms with Gasteiger partial charge in [-0.05, 0) is 18.4 Å². The largest absolute Gasteiger partial charge is 0.354 e. The van der Waals surface area contributed by atoms with Crippen molar-refractivity contribution in [1.29, 1.82) is 0 Å². The average molecular weight is 358 g/mol. The molecule has 1 saturated heterocycles. The van der Waals surface area contributed by atoms with Crippen molar-refractivity contribution in [3.8, 4) is 0 Å². The summed E-state index contributed by atoms with van der Waals surface area (Å²) < 4.78 is 0. The van der Waals surface area contributed by atoms with E-state index >= 15 is 0 Å². The Kier molecular flexibility index (Phi) is 6.63. The van der Waals surface area contributed by atoms with Crippen LogP contribution < -0.4 is 21.5 Å². The molecular formula is C20H30N4O2. The fraction of sp³-hybridized carbons (Fsp3) is 0.600. The standard InChI is InChI=1S/C20H30N4O2/c1-14-18(15-8-4-2-5-9-15)23-24-19(14)20(26)21-13-12-17(25)22-16-10-6-3-7-11-16/h2,4-5,8-9,14,16,18-19,23-24H,3,6-7,10-13H2,1H3,(H,21,26)(H,22,25). The van der Waals surface area contributed by atoms with Crippen LogP contribution in [0.4, 0.5) is 0 Å². The molecule has 1 aliphatic heterocycles. The molecule has 142 valence electrons. The van der Waals surface area contributed by atoms with Crippen LogP contribution in [0.5, 0.6) is 0 Å². The predicted molar refractivity (Wildman–Crippen MR) is 101 cm³/mol. The molecule has 3 rings (SSSR count). The Bertz CT molecular complexity index is 601. The Hall–Kier alpha value is -1.92. The van der Waals surface area contributed by atoms with E-state index in [1.54, 1.807) is 0 Å². The summed E-state index contributed by atoms with van der Waals surface area (Å²) in [4.78, 5) is 24.5. The molecule has 0 aromatic heterocycles. The number of nitrogens with one attached hydrogen (secondary N) is 4. The van der Waals surface area contributed by atoms with Crippen molar-refractivity contribution < 1.29 is 9.59 Å². The van der Waals surface area contributed by atoms with Crippen LogP contribution in [0.25, 0.3) is 0 Å². The molecule has 1 aromatic carbocycles. The van der Waals surface area contributed by atoms with E-state index in [1.807, 2.05) is 18.2 Å². The molecule has 0 bridgehead atoms. The summed E-state index contributed by atoms with van der Waals surface area (Å²) in [7, 11) is 0. The molecule has 4 N–H and O–H groups in total. The van der Waals surface area contributed by atoms with Crippen molar-refractivity contribution in [2.24, 2.45) is 5.92 Å². The summed E-state index contributed by atoms with van der Waals surface area (Å²) in [6.45, 7) is 2.43. The summed E-state index contributed by atoms with van der Waals surface area (Å²) in [6.07, 6.45) is 6.15. The Morgan fingerprint density at radius 2 is 1.81 bits per heavy atom. The van der Waals surface area contributed by atoms with Crippen molar-refractivity contribution in [1.82, 2.24) is 21.5 Å². The van der Waals surface area contributed by atoms with Gasteiger partial charge in [0.05, 0.1) is 6.04 Å². The van der Waals surface area contributed by atoms with E-state index in [0.717, 1.165) is 18.4 Å². The summed E-state index contributed by atoms with van der Waals surface area (Å²) in [6, 6.07) is 10.2. The first-order valence-corrected chi connectivity index (χ1v) is 9.78. The molecule has 3 atom stereocenters. The Morgan fingerprint density at radius 3 is 2.54 bits per heavy atom. The van der Waals surface area contributed by atoms with Gasteiger partial charge in [-0.3, -0.25) is 9.59 Å². The molecular weight excluding hydrogens is 328 g/mol. The van der Waals surface area contributed by atoms with Crippen molar-refractivity contribution in [3.63, 3.8) is 0 Å². The first-order chi connectivity index (χ1) is 12.6. The van der Waals surface area contributed by atoms with Crippen molar-refractivity contribution in [2.45, 2.75) is 63.6 Å². The molecule has 1 heterocycles. The summed E-state index contributed by atoms with van der Waals surface area (Å²) in [5.41, 5.74) is 7.47. The number of carbonyl (C=O) groups is 2. The minimum absolute atomic E-state index is 0.0323. The minimum atomic E-state index is -0.304. The molecule has 1 aromatic rings. The van der Waals surface area contributed by atoms with Gasteiger partial charge in [0.1, 0.15) is 6.04 Å². The van der Waals surface area contributed by atoms with Crippen LogP contribution >= 0.6 is 0 Å². The fourth-order valence-corrected chi connectivity index (χ4v) is 3.94. The zero-order valence-corrected chi connectivity index (χ0v) is 15.5. The maximum atomic E-state index is 12.5. The molecule has 1 saturated carbocycles. The highest BCUT2D eigenvalue weighted by Crippen LogP contribution is 2.28. The maximum absolute atomic E-state index is 12.5. The topological polar surface area (TPSA) is 82.3 Å². The summed E-state index contributed by atoms with van der Waals surface area (Å²) >= 11 is 0. The van der Waals surface area contributed by atoms with Crippen molar-refractivity contribution in [2.75, 3.05) is 6.54 Å². The van der Waals surface area contributed by atoms with Crippen LogP contribution in [0.2, 0.25) is 0 Å². The number of hydrazine groups is 1. The Balaban J connectivity index is 1.40. The highest BCUT2D eigenvalue weighted by atomic mass is 16.2. The first kappa shape index (κ1) is 18.9. The van der Waals surface area contributed by atoms with Crippen LogP contribution in [0.3, 0.4) is 0 Å². The van der Waals surface area contributed by atoms with Gasteiger partial charge in [-0.25, -0.2) is 10.9 Å². The lowest BCUT2D eigenvalue weighted by molar-refractivity contribution is -0.124. The maximum Gasteiger partial charge on any atom is 0.238 e. The summed E-state index contributed by atoms with van der Waals surface area (Å²) in [5, 5.41) is 5.97. The molecule has 2 aliphatic rings. The third-order valence-corrected chi connectivity index (χ3v) is 5.51. The van der Waals surface area contributed by atoms with Crippen LogP contribution in [-0.2, 0) is 9.59 Å². The number of amides is 2. The zero-order chi connectivity index (χ0) is 18.4. The molecule has 2 fully saturated rings. The molecule has 1 aliphatic carbocycles. The summed E-state index contributed by atoms with van der Waals surface area (Å²) in [5.74, 6) is 0.0901. The third-order valence-electron chi connectivity index (χ3n) is 5.51. The lowest BCUT2D eigenvalue weighted by Gasteiger charge is -2.23. The van der Waals surface area contributed by atoms with Gasteiger partial charge in [0.2, 0.25) is 11.8 Å². The SMILES string of the molecule is CC1C(C(=O)NCCC(=O)NC2CCCCC2)NNC1c1ccccc1. The smallest absolute Gasteiger partial charge is 0.238 e. The van der Waals surface area contributed by atoms with E-state index in [4.69, 9.17) is 0 Å². The first-order valence-electron chi connectivity index (χ1n) is 9.78. The Morgan fingerprint density at radius 1 is 1.08 bits per heavy atom. The van der Waals surface area contributed by atoms with E-state index in [9.17, 15) is 9.59 Å². The Labute approximate surface area is 155 Å². The second-order valence-electron chi connectivity index (χ2n) is 7.46. The number of rotatable bonds is 6. The van der Waals surface area contributed by atoms with Gasteiger partial charge in [0.25, 0.3) is 0 Å². The normalized spacial score (nSPS) is 26.4. The molecule has 0 spiro atoms. The van der Waals surface area contributed by atoms with Gasteiger partial charge in [0, 0.05) is 24.9 Å². The molecule has 3 unspecified atom stereocenters. The van der Waals surface area contributed by atoms with E-state index in [0.29, 0.717) is 19.0 Å². The van der Waals surface area contributed by atoms with Crippen molar-refractivity contribution in [3.05, 3.63) is 35.9 Å². The highest BCUT2D eigenvalue weighted by molar-refractivity contribution is 5.83. The quantitative estimate of drug-likeness (QED) is 0.625. The number of hydrogen-bond donors (Lipinski definition) is 4. The van der Waals surface area contributed by atoms with Crippen LogP contribution in [0.15, 0.2) is 30.3 Å². The van der Waals surface area contributed by atoms with Gasteiger partial charge in [-0.15, -0.1) is 0 Å². The van der Waals surface area contributed by atoms with Crippen LogP contribution in [0, 0.1) is 5.92 Å². The van der Waals surface area contributed by atoms with Gasteiger partial charge < -0.3 is 10.6 Å². The average Bonchev–Trinajstić information content (AvgIpc) is 3.04. The van der Waals surface area contributed by atoms with E-state index in [2.05, 4.69) is 40.5 Å². The lowest BCUT2D eigenvalue weighted by atomic mass is 9.91. The molecule has 6 heteroatoms. The van der Waals surface area contributed by atoms with Gasteiger partial charge in [0.15, 0.2) is 0 Å². The molecule has 0 radical (unpaired) electrons. The minimum Gasteiger partial charge on any atom is -0.354 e. The van der Waals surface area contributed by atoms with E-state index in [-0.39, 0.29) is 29.8 Å². The van der Waals surface area contributed by atoms with Gasteiger partial charge in [-0.2, -0.15) is 0 Å². The van der Waals surface area contributed by atoms with E-state index in [1.165, 1.54) is 19.3 Å². The number of hydrogen-bond acceptors (Lipinski definition) is 4. The fourth-order valence-electron chi connectivity index (χ4n) is 3.94. The second-order valence-corrected chi connectivity index (χ2v) is 7.46. The van der Waals surface area contributed by atoms with Crippen LogP contribution in [0.1, 0.15) is 57.1 Å². The molecule has 2 amide bonds.